The standard InChI is InChI=1S/C12H15N5O/c1-9(2)15-12(18)16-10-4-5-11(13-8-10)17-7-3-6-14-17/h3-9H,1-2H3,(H2,15,16,18). The van der Waals surface area contributed by atoms with Crippen molar-refractivity contribution in [2.24, 2.45) is 0 Å². The van der Waals surface area contributed by atoms with Crippen LogP contribution >= 0.6 is 0 Å². The predicted molar refractivity (Wildman–Crippen MR) is 68.6 cm³/mol. The fourth-order valence-electron chi connectivity index (χ4n) is 1.43. The average molecular weight is 245 g/mol. The SMILES string of the molecule is CC(C)NC(=O)Nc1ccc(-n2cccn2)nc1. The topological polar surface area (TPSA) is 71.8 Å². The van der Waals surface area contributed by atoms with Crippen molar-refractivity contribution < 1.29 is 4.79 Å². The summed E-state index contributed by atoms with van der Waals surface area (Å²) in [5.41, 5.74) is 0.643. The van der Waals surface area contributed by atoms with Crippen molar-refractivity contribution >= 4 is 11.7 Å². The first kappa shape index (κ1) is 12.1. The Morgan fingerprint density at radius 2 is 2.22 bits per heavy atom. The van der Waals surface area contributed by atoms with Crippen molar-refractivity contribution in [2.75, 3.05) is 5.32 Å². The number of carbonyl (C=O) groups is 1. The molecule has 0 saturated carbocycles. The van der Waals surface area contributed by atoms with Crippen LogP contribution in [0.15, 0.2) is 36.8 Å². The van der Waals surface area contributed by atoms with Crippen LogP contribution < -0.4 is 10.6 Å². The Hall–Kier alpha value is -2.37. The first-order valence-corrected chi connectivity index (χ1v) is 5.69. The van der Waals surface area contributed by atoms with Crippen LogP contribution in [-0.2, 0) is 0 Å². The van der Waals surface area contributed by atoms with E-state index in [4.69, 9.17) is 0 Å². The third kappa shape index (κ3) is 3.07. The van der Waals surface area contributed by atoms with Crippen LogP contribution in [0.25, 0.3) is 5.82 Å². The molecule has 0 aliphatic heterocycles. The summed E-state index contributed by atoms with van der Waals surface area (Å²) in [5, 5.41) is 9.51. The summed E-state index contributed by atoms with van der Waals surface area (Å²) in [6.45, 7) is 3.80. The van der Waals surface area contributed by atoms with Gasteiger partial charge in [0.25, 0.3) is 0 Å². The van der Waals surface area contributed by atoms with E-state index in [2.05, 4.69) is 20.7 Å². The van der Waals surface area contributed by atoms with Crippen LogP contribution in [0.1, 0.15) is 13.8 Å². The van der Waals surface area contributed by atoms with Crippen LogP contribution in [0.3, 0.4) is 0 Å². The molecule has 2 rings (SSSR count). The number of nitrogens with one attached hydrogen (secondary N) is 2. The number of anilines is 1. The largest absolute Gasteiger partial charge is 0.336 e. The smallest absolute Gasteiger partial charge is 0.319 e. The van der Waals surface area contributed by atoms with Gasteiger partial charge in [0.1, 0.15) is 0 Å². The lowest BCUT2D eigenvalue weighted by Gasteiger charge is -2.10. The molecule has 0 radical (unpaired) electrons. The fraction of sp³-hybridized carbons (Fsp3) is 0.250. The lowest BCUT2D eigenvalue weighted by atomic mass is 10.4. The molecular weight excluding hydrogens is 230 g/mol. The van der Waals surface area contributed by atoms with Crippen LogP contribution in [0.2, 0.25) is 0 Å². The van der Waals surface area contributed by atoms with Crippen LogP contribution in [0.4, 0.5) is 10.5 Å². The molecule has 6 nitrogen and oxygen atoms in total. The van der Waals surface area contributed by atoms with Crippen molar-refractivity contribution in [1.82, 2.24) is 20.1 Å². The summed E-state index contributed by atoms with van der Waals surface area (Å²) in [6, 6.07) is 5.26. The Morgan fingerprint density at radius 1 is 1.39 bits per heavy atom. The van der Waals surface area contributed by atoms with Crippen LogP contribution in [-0.4, -0.2) is 26.8 Å². The Kier molecular flexibility index (Phi) is 3.57. The predicted octanol–water partition coefficient (Wildman–Crippen LogP) is 1.80. The maximum atomic E-state index is 11.5. The van der Waals surface area contributed by atoms with E-state index in [1.165, 1.54) is 0 Å². The number of nitrogens with zero attached hydrogens (tertiary/aromatic N) is 3. The van der Waals surface area contributed by atoms with Gasteiger partial charge in [-0.25, -0.2) is 14.5 Å². The van der Waals surface area contributed by atoms with Gasteiger partial charge in [-0.1, -0.05) is 0 Å². The van der Waals surface area contributed by atoms with Gasteiger partial charge in [0.05, 0.1) is 11.9 Å². The van der Waals surface area contributed by atoms with E-state index in [-0.39, 0.29) is 12.1 Å². The zero-order valence-corrected chi connectivity index (χ0v) is 10.3. The number of carbonyl (C=O) groups excluding carboxylic acids is 1. The minimum absolute atomic E-state index is 0.0984. The van der Waals surface area contributed by atoms with Crippen LogP contribution in [0.5, 0.6) is 0 Å². The molecule has 0 aliphatic carbocycles. The summed E-state index contributed by atoms with van der Waals surface area (Å²) in [7, 11) is 0. The summed E-state index contributed by atoms with van der Waals surface area (Å²) < 4.78 is 1.65. The normalized spacial score (nSPS) is 10.4. The van der Waals surface area contributed by atoms with Crippen molar-refractivity contribution in [1.29, 1.82) is 0 Å². The molecule has 2 aromatic heterocycles. The van der Waals surface area contributed by atoms with Gasteiger partial charge in [-0.05, 0) is 32.0 Å². The van der Waals surface area contributed by atoms with E-state index in [9.17, 15) is 4.79 Å². The van der Waals surface area contributed by atoms with E-state index in [0.29, 0.717) is 11.5 Å². The fourth-order valence-corrected chi connectivity index (χ4v) is 1.43. The molecule has 0 unspecified atom stereocenters. The van der Waals surface area contributed by atoms with Gasteiger partial charge in [0.2, 0.25) is 0 Å². The first-order chi connectivity index (χ1) is 8.65. The van der Waals surface area contributed by atoms with E-state index < -0.39 is 0 Å². The molecule has 18 heavy (non-hydrogen) atoms. The Labute approximate surface area is 105 Å². The Morgan fingerprint density at radius 3 is 2.78 bits per heavy atom. The van der Waals surface area contributed by atoms with Crippen molar-refractivity contribution in [3.8, 4) is 5.82 Å². The molecule has 2 heterocycles. The number of amides is 2. The van der Waals surface area contributed by atoms with E-state index in [0.717, 1.165) is 0 Å². The molecule has 6 heteroatoms. The molecule has 2 aromatic rings. The highest BCUT2D eigenvalue weighted by Gasteiger charge is 2.04. The van der Waals surface area contributed by atoms with E-state index in [1.807, 2.05) is 19.9 Å². The number of hydrogen-bond donors (Lipinski definition) is 2. The number of aromatic nitrogens is 3. The minimum atomic E-state index is -0.237. The molecule has 94 valence electrons. The van der Waals surface area contributed by atoms with E-state index in [1.54, 1.807) is 35.4 Å². The zero-order chi connectivity index (χ0) is 13.0. The summed E-state index contributed by atoms with van der Waals surface area (Å²) in [5.74, 6) is 0.704. The molecule has 0 aliphatic rings. The van der Waals surface area contributed by atoms with Crippen molar-refractivity contribution in [3.63, 3.8) is 0 Å². The lowest BCUT2D eigenvalue weighted by Crippen LogP contribution is -2.34. The zero-order valence-electron chi connectivity index (χ0n) is 10.3. The number of rotatable bonds is 3. The quantitative estimate of drug-likeness (QED) is 0.866. The second-order valence-corrected chi connectivity index (χ2v) is 4.11. The average Bonchev–Trinajstić information content (AvgIpc) is 2.82. The van der Waals surface area contributed by atoms with Gasteiger partial charge in [-0.15, -0.1) is 0 Å². The first-order valence-electron chi connectivity index (χ1n) is 5.69. The number of urea groups is 1. The molecule has 2 amide bonds. The van der Waals surface area contributed by atoms with Gasteiger partial charge >= 0.3 is 6.03 Å². The molecule has 0 spiro atoms. The van der Waals surface area contributed by atoms with Gasteiger partial charge in [0, 0.05) is 18.4 Å². The molecule has 0 saturated heterocycles. The summed E-state index contributed by atoms with van der Waals surface area (Å²) >= 11 is 0. The molecule has 2 N–H and O–H groups in total. The molecule has 0 bridgehead atoms. The third-order valence-corrected chi connectivity index (χ3v) is 2.16. The van der Waals surface area contributed by atoms with Crippen molar-refractivity contribution in [2.45, 2.75) is 19.9 Å². The van der Waals surface area contributed by atoms with E-state index >= 15 is 0 Å². The molecule has 0 aromatic carbocycles. The summed E-state index contributed by atoms with van der Waals surface area (Å²) in [4.78, 5) is 15.7. The molecule has 0 atom stereocenters. The second kappa shape index (κ2) is 5.31. The Balaban J connectivity index is 2.02. The van der Waals surface area contributed by atoms with Gasteiger partial charge in [0.15, 0.2) is 5.82 Å². The van der Waals surface area contributed by atoms with Gasteiger partial charge in [-0.3, -0.25) is 0 Å². The molecular formula is C12H15N5O. The minimum Gasteiger partial charge on any atom is -0.336 e. The highest BCUT2D eigenvalue weighted by Crippen LogP contribution is 2.08. The highest BCUT2D eigenvalue weighted by molar-refractivity contribution is 5.89. The lowest BCUT2D eigenvalue weighted by molar-refractivity contribution is 0.250. The van der Waals surface area contributed by atoms with Gasteiger partial charge in [-0.2, -0.15) is 5.10 Å². The molecule has 0 fully saturated rings. The van der Waals surface area contributed by atoms with Gasteiger partial charge < -0.3 is 10.6 Å². The maximum absolute atomic E-state index is 11.5. The maximum Gasteiger partial charge on any atom is 0.319 e. The summed E-state index contributed by atoms with van der Waals surface area (Å²) in [6.07, 6.45) is 5.09. The van der Waals surface area contributed by atoms with Crippen LogP contribution in [0, 0.1) is 0 Å². The number of hydrogen-bond acceptors (Lipinski definition) is 3. The second-order valence-electron chi connectivity index (χ2n) is 4.11. The third-order valence-electron chi connectivity index (χ3n) is 2.16. The van der Waals surface area contributed by atoms with Crippen molar-refractivity contribution in [3.05, 3.63) is 36.8 Å². The number of pyridine rings is 1. The Bertz CT molecular complexity index is 504. The monoisotopic (exact) mass is 245 g/mol. The highest BCUT2D eigenvalue weighted by atomic mass is 16.2.